The molecule has 0 unspecified atom stereocenters. The molecule has 1 N–H and O–H groups in total. The third kappa shape index (κ3) is 3.32. The molecule has 1 aliphatic carbocycles. The highest BCUT2D eigenvalue weighted by Crippen LogP contribution is 2.50. The zero-order chi connectivity index (χ0) is 18.9. The molecule has 0 saturated heterocycles. The van der Waals surface area contributed by atoms with Gasteiger partial charge in [-0.2, -0.15) is 0 Å². The summed E-state index contributed by atoms with van der Waals surface area (Å²) in [4.78, 5) is 6.21. The molecule has 2 heterocycles. The third-order valence-corrected chi connectivity index (χ3v) is 7.18. The minimum absolute atomic E-state index is 0.112. The van der Waals surface area contributed by atoms with Crippen LogP contribution in [0, 0.1) is 0 Å². The van der Waals surface area contributed by atoms with Crippen LogP contribution in [-0.4, -0.2) is 49.8 Å². The molecular weight excluding hydrogens is 336 g/mol. The predicted octanol–water partition coefficient (Wildman–Crippen LogP) is 4.63. The van der Waals surface area contributed by atoms with Crippen LogP contribution < -0.4 is 0 Å². The lowest BCUT2D eigenvalue weighted by Crippen LogP contribution is -2.52. The highest BCUT2D eigenvalue weighted by atomic mass is 16.5. The molecule has 4 nitrogen and oxygen atoms in total. The lowest BCUT2D eigenvalue weighted by Gasteiger charge is -2.50. The number of methoxy groups -OCH3 is 1. The van der Waals surface area contributed by atoms with Crippen molar-refractivity contribution >= 4 is 10.9 Å². The summed E-state index contributed by atoms with van der Waals surface area (Å²) in [5, 5.41) is 1.39. The fourth-order valence-electron chi connectivity index (χ4n) is 5.40. The highest BCUT2D eigenvalue weighted by molar-refractivity contribution is 5.85. The smallest absolute Gasteiger partial charge is 0.108 e. The van der Waals surface area contributed by atoms with Crippen molar-refractivity contribution in [3.63, 3.8) is 0 Å². The Morgan fingerprint density at radius 1 is 1.11 bits per heavy atom. The molecule has 1 spiro atoms. The standard InChI is InChI=1S/C23H34N2O2/c1-25(2)22(11-6-7-16-26-3)12-14-23(15-13-22)21-19(10-17-27-23)18-8-4-5-9-20(18)24-21/h4-5,8-9,24H,6-7,10-17H2,1-3H3. The Morgan fingerprint density at radius 2 is 1.89 bits per heavy atom. The maximum Gasteiger partial charge on any atom is 0.108 e. The number of benzene rings is 1. The van der Waals surface area contributed by atoms with Crippen molar-refractivity contribution in [2.24, 2.45) is 0 Å². The number of H-pyrrole nitrogens is 1. The number of unbranched alkanes of at least 4 members (excludes halogenated alkanes) is 1. The lowest BCUT2D eigenvalue weighted by atomic mass is 9.69. The van der Waals surface area contributed by atoms with Crippen LogP contribution in [0.2, 0.25) is 0 Å². The number of hydrogen-bond donors (Lipinski definition) is 1. The number of nitrogens with zero attached hydrogens (tertiary/aromatic N) is 1. The topological polar surface area (TPSA) is 37.5 Å². The largest absolute Gasteiger partial charge is 0.385 e. The van der Waals surface area contributed by atoms with E-state index in [2.05, 4.69) is 48.2 Å². The zero-order valence-electron chi connectivity index (χ0n) is 17.1. The van der Waals surface area contributed by atoms with Gasteiger partial charge in [0.2, 0.25) is 0 Å². The zero-order valence-corrected chi connectivity index (χ0v) is 17.1. The summed E-state index contributed by atoms with van der Waals surface area (Å²) in [5.74, 6) is 0. The van der Waals surface area contributed by atoms with E-state index < -0.39 is 0 Å². The van der Waals surface area contributed by atoms with Crippen LogP contribution >= 0.6 is 0 Å². The van der Waals surface area contributed by atoms with Crippen molar-refractivity contribution < 1.29 is 9.47 Å². The van der Waals surface area contributed by atoms with Crippen molar-refractivity contribution in [2.75, 3.05) is 34.4 Å². The number of ether oxygens (including phenoxy) is 2. The van der Waals surface area contributed by atoms with E-state index in [1.165, 1.54) is 47.8 Å². The Bertz CT molecular complexity index is 772. The Balaban J connectivity index is 1.56. The van der Waals surface area contributed by atoms with Gasteiger partial charge in [0.05, 0.1) is 12.3 Å². The van der Waals surface area contributed by atoms with Crippen LogP contribution in [0.15, 0.2) is 24.3 Å². The molecule has 2 aliphatic rings. The fourth-order valence-corrected chi connectivity index (χ4v) is 5.40. The van der Waals surface area contributed by atoms with Gasteiger partial charge in [0, 0.05) is 30.2 Å². The van der Waals surface area contributed by atoms with Gasteiger partial charge in [-0.3, -0.25) is 0 Å². The Kier molecular flexibility index (Phi) is 5.32. The summed E-state index contributed by atoms with van der Waals surface area (Å²) >= 11 is 0. The molecule has 0 atom stereocenters. The predicted molar refractivity (Wildman–Crippen MR) is 110 cm³/mol. The van der Waals surface area contributed by atoms with Crippen LogP contribution in [0.3, 0.4) is 0 Å². The van der Waals surface area contributed by atoms with E-state index in [4.69, 9.17) is 9.47 Å². The van der Waals surface area contributed by atoms with Gasteiger partial charge in [0.15, 0.2) is 0 Å². The quantitative estimate of drug-likeness (QED) is 0.754. The molecule has 148 valence electrons. The number of para-hydroxylation sites is 1. The van der Waals surface area contributed by atoms with Gasteiger partial charge in [-0.15, -0.1) is 0 Å². The minimum Gasteiger partial charge on any atom is -0.385 e. The van der Waals surface area contributed by atoms with Crippen molar-refractivity contribution in [1.29, 1.82) is 0 Å². The Morgan fingerprint density at radius 3 is 2.63 bits per heavy atom. The first kappa shape index (κ1) is 19.0. The second-order valence-electron chi connectivity index (χ2n) is 8.69. The van der Waals surface area contributed by atoms with Gasteiger partial charge < -0.3 is 19.4 Å². The van der Waals surface area contributed by atoms with E-state index in [0.717, 1.165) is 38.9 Å². The molecule has 4 rings (SSSR count). The molecule has 1 fully saturated rings. The van der Waals surface area contributed by atoms with E-state index in [1.54, 1.807) is 7.11 Å². The summed E-state index contributed by atoms with van der Waals surface area (Å²) in [6.45, 7) is 1.71. The summed E-state index contributed by atoms with van der Waals surface area (Å²) in [5.41, 5.74) is 4.30. The SMILES string of the molecule is COCCCCC1(N(C)C)CCC2(CC1)OCCc1c2[nH]c2ccccc12. The maximum atomic E-state index is 6.51. The highest BCUT2D eigenvalue weighted by Gasteiger charge is 2.48. The molecule has 4 heteroatoms. The van der Waals surface area contributed by atoms with Gasteiger partial charge in [-0.1, -0.05) is 18.2 Å². The maximum absolute atomic E-state index is 6.51. The average molecular weight is 371 g/mol. The Hall–Kier alpha value is -1.36. The number of fused-ring (bicyclic) bond motifs is 4. The lowest BCUT2D eigenvalue weighted by molar-refractivity contribution is -0.113. The van der Waals surface area contributed by atoms with Crippen molar-refractivity contribution in [3.8, 4) is 0 Å². The minimum atomic E-state index is -0.112. The molecule has 1 saturated carbocycles. The van der Waals surface area contributed by atoms with Crippen molar-refractivity contribution in [3.05, 3.63) is 35.5 Å². The summed E-state index contributed by atoms with van der Waals surface area (Å²) in [7, 11) is 6.30. The van der Waals surface area contributed by atoms with Gasteiger partial charge in [0.25, 0.3) is 0 Å². The molecule has 0 amide bonds. The van der Waals surface area contributed by atoms with Gasteiger partial charge in [0.1, 0.15) is 5.60 Å². The van der Waals surface area contributed by atoms with Gasteiger partial charge in [-0.05, 0) is 77.1 Å². The molecule has 2 aromatic rings. The fraction of sp³-hybridized carbons (Fsp3) is 0.652. The summed E-state index contributed by atoms with van der Waals surface area (Å²) in [6, 6.07) is 8.73. The second kappa shape index (κ2) is 7.57. The number of rotatable bonds is 6. The van der Waals surface area contributed by atoms with Crippen molar-refractivity contribution in [2.45, 2.75) is 62.5 Å². The molecule has 0 bridgehead atoms. The first-order valence-electron chi connectivity index (χ1n) is 10.5. The van der Waals surface area contributed by atoms with E-state index >= 15 is 0 Å². The number of aromatic nitrogens is 1. The number of aromatic amines is 1. The van der Waals surface area contributed by atoms with Crippen LogP contribution in [0.5, 0.6) is 0 Å². The first-order valence-corrected chi connectivity index (χ1v) is 10.5. The molecule has 0 radical (unpaired) electrons. The van der Waals surface area contributed by atoms with E-state index in [9.17, 15) is 0 Å². The van der Waals surface area contributed by atoms with E-state index in [1.807, 2.05) is 0 Å². The number of hydrogen-bond acceptors (Lipinski definition) is 3. The van der Waals surface area contributed by atoms with Crippen LogP contribution in [0.25, 0.3) is 10.9 Å². The molecule has 1 aromatic carbocycles. The molecular formula is C23H34N2O2. The summed E-state index contributed by atoms with van der Waals surface area (Å²) < 4.78 is 11.8. The third-order valence-electron chi connectivity index (χ3n) is 7.18. The number of nitrogens with one attached hydrogen (secondary N) is 1. The molecule has 1 aromatic heterocycles. The molecule has 1 aliphatic heterocycles. The van der Waals surface area contributed by atoms with Crippen LogP contribution in [0.1, 0.15) is 56.2 Å². The van der Waals surface area contributed by atoms with Crippen molar-refractivity contribution in [1.82, 2.24) is 9.88 Å². The first-order chi connectivity index (χ1) is 13.1. The van der Waals surface area contributed by atoms with E-state index in [0.29, 0.717) is 5.54 Å². The molecule has 27 heavy (non-hydrogen) atoms. The average Bonchev–Trinajstić information content (AvgIpc) is 3.07. The van der Waals surface area contributed by atoms with Crippen LogP contribution in [0.4, 0.5) is 0 Å². The summed E-state index contributed by atoms with van der Waals surface area (Å²) in [6.07, 6.45) is 9.27. The monoisotopic (exact) mass is 370 g/mol. The second-order valence-corrected chi connectivity index (χ2v) is 8.69. The van der Waals surface area contributed by atoms with E-state index in [-0.39, 0.29) is 5.60 Å². The van der Waals surface area contributed by atoms with Crippen LogP contribution in [-0.2, 0) is 21.5 Å². The van der Waals surface area contributed by atoms with Gasteiger partial charge >= 0.3 is 0 Å². The van der Waals surface area contributed by atoms with Gasteiger partial charge in [-0.25, -0.2) is 0 Å². The normalized spacial score (nSPS) is 28.1. The Labute approximate surface area is 163 Å².